The van der Waals surface area contributed by atoms with Crippen molar-refractivity contribution in [2.75, 3.05) is 54.4 Å². The Labute approximate surface area is 239 Å². The summed E-state index contributed by atoms with van der Waals surface area (Å²) in [5, 5.41) is 18.1. The number of hydrogen-bond acceptors (Lipinski definition) is 9. The van der Waals surface area contributed by atoms with E-state index in [1.807, 2.05) is 0 Å². The lowest BCUT2D eigenvalue weighted by Gasteiger charge is -2.18. The number of rotatable bonds is 12. The summed E-state index contributed by atoms with van der Waals surface area (Å²) < 4.78 is 45.1. The molecule has 2 fully saturated rings. The van der Waals surface area contributed by atoms with Crippen LogP contribution < -0.4 is 30.5 Å². The first-order chi connectivity index (χ1) is 20.0. The molecule has 3 atom stereocenters. The molecule has 0 unspecified atom stereocenters. The highest BCUT2D eigenvalue weighted by Gasteiger charge is 2.34. The van der Waals surface area contributed by atoms with Crippen LogP contribution >= 0.6 is 0 Å². The number of anilines is 3. The quantitative estimate of drug-likeness (QED) is 0.289. The average Bonchev–Trinajstić information content (AvgIpc) is 3.50. The molecule has 15 heteroatoms. The van der Waals surface area contributed by atoms with E-state index < -0.39 is 42.1 Å². The molecule has 0 radical (unpaired) electrons. The number of aliphatic hydroxyl groups excluding tert-OH is 1. The number of aliphatic hydroxyl groups is 1. The van der Waals surface area contributed by atoms with Crippen molar-refractivity contribution in [2.45, 2.75) is 32.2 Å². The summed E-state index contributed by atoms with van der Waals surface area (Å²) in [6, 6.07) is 7.90. The van der Waals surface area contributed by atoms with Gasteiger partial charge in [-0.3, -0.25) is 19.4 Å². The maximum atomic E-state index is 14.7. The lowest BCUT2D eigenvalue weighted by atomic mass is 10.2. The fourth-order valence-electron chi connectivity index (χ4n) is 4.26. The molecule has 226 valence electrons. The molecule has 2 heterocycles. The second-order valence-corrected chi connectivity index (χ2v) is 9.73. The molecule has 0 saturated carbocycles. The summed E-state index contributed by atoms with van der Waals surface area (Å²) in [6.45, 7) is 2.78. The SMILES string of the molecule is CC(=O)NC[C@H]1CN(c2ccc(NC[C@H](O)COc3ccc(N4C[C@H](CNC(C)=O)OC4=O)cc3F)c(F)c2)C(=O)O1. The minimum Gasteiger partial charge on any atom is -0.488 e. The smallest absolute Gasteiger partial charge is 0.414 e. The fraction of sp³-hybridized carbons (Fsp3) is 0.407. The molecule has 42 heavy (non-hydrogen) atoms. The Kier molecular flexibility index (Phi) is 9.62. The van der Waals surface area contributed by atoms with Crippen molar-refractivity contribution >= 4 is 41.1 Å². The average molecular weight is 592 g/mol. The molecule has 13 nitrogen and oxygen atoms in total. The summed E-state index contributed by atoms with van der Waals surface area (Å²) >= 11 is 0. The van der Waals surface area contributed by atoms with E-state index in [4.69, 9.17) is 14.2 Å². The minimum atomic E-state index is -1.14. The highest BCUT2D eigenvalue weighted by molar-refractivity contribution is 5.90. The summed E-state index contributed by atoms with van der Waals surface area (Å²) in [5.74, 6) is -2.14. The van der Waals surface area contributed by atoms with Crippen molar-refractivity contribution in [3.63, 3.8) is 0 Å². The third-order valence-corrected chi connectivity index (χ3v) is 6.36. The maximum Gasteiger partial charge on any atom is 0.414 e. The third kappa shape index (κ3) is 7.75. The van der Waals surface area contributed by atoms with E-state index in [9.17, 15) is 33.1 Å². The Morgan fingerprint density at radius 1 is 0.929 bits per heavy atom. The van der Waals surface area contributed by atoms with E-state index in [1.165, 1.54) is 47.9 Å². The molecule has 2 aliphatic rings. The Balaban J connectivity index is 1.25. The van der Waals surface area contributed by atoms with Crippen LogP contribution in [-0.4, -0.2) is 86.7 Å². The number of hydrogen-bond donors (Lipinski definition) is 4. The summed E-state index contributed by atoms with van der Waals surface area (Å²) in [6.07, 6.45) is -3.62. The molecule has 2 aromatic carbocycles. The van der Waals surface area contributed by atoms with Gasteiger partial charge < -0.3 is 35.3 Å². The first kappa shape index (κ1) is 30.3. The van der Waals surface area contributed by atoms with E-state index in [0.29, 0.717) is 0 Å². The van der Waals surface area contributed by atoms with Gasteiger partial charge in [0, 0.05) is 26.5 Å². The van der Waals surface area contributed by atoms with Crippen LogP contribution in [0.2, 0.25) is 0 Å². The van der Waals surface area contributed by atoms with Crippen LogP contribution in [0.5, 0.6) is 5.75 Å². The van der Waals surface area contributed by atoms with Crippen LogP contribution in [0.15, 0.2) is 36.4 Å². The van der Waals surface area contributed by atoms with E-state index in [-0.39, 0.29) is 74.0 Å². The third-order valence-electron chi connectivity index (χ3n) is 6.36. The number of benzene rings is 2. The zero-order valence-electron chi connectivity index (χ0n) is 22.9. The zero-order valence-corrected chi connectivity index (χ0v) is 22.9. The van der Waals surface area contributed by atoms with Crippen LogP contribution in [0.4, 0.5) is 35.4 Å². The van der Waals surface area contributed by atoms with Crippen molar-refractivity contribution in [2.24, 2.45) is 0 Å². The second-order valence-electron chi connectivity index (χ2n) is 9.73. The topological polar surface area (TPSA) is 159 Å². The van der Waals surface area contributed by atoms with Gasteiger partial charge in [-0.25, -0.2) is 18.4 Å². The number of halogens is 2. The lowest BCUT2D eigenvalue weighted by Crippen LogP contribution is -2.33. The summed E-state index contributed by atoms with van der Waals surface area (Å²) in [4.78, 5) is 48.9. The van der Waals surface area contributed by atoms with Gasteiger partial charge in [-0.05, 0) is 30.3 Å². The summed E-state index contributed by atoms with van der Waals surface area (Å²) in [7, 11) is 0. The van der Waals surface area contributed by atoms with Gasteiger partial charge >= 0.3 is 12.2 Å². The molecule has 0 aliphatic carbocycles. The molecular weight excluding hydrogens is 560 g/mol. The van der Waals surface area contributed by atoms with Crippen LogP contribution in [0.3, 0.4) is 0 Å². The predicted octanol–water partition coefficient (Wildman–Crippen LogP) is 1.74. The Hall–Kier alpha value is -4.66. The van der Waals surface area contributed by atoms with E-state index >= 15 is 0 Å². The number of nitrogens with zero attached hydrogens (tertiary/aromatic N) is 2. The number of nitrogens with one attached hydrogen (secondary N) is 3. The molecule has 2 aromatic rings. The molecule has 4 rings (SSSR count). The Bertz CT molecular complexity index is 1250. The van der Waals surface area contributed by atoms with Crippen molar-refractivity contribution in [1.29, 1.82) is 0 Å². The van der Waals surface area contributed by atoms with Gasteiger partial charge in [0.2, 0.25) is 11.8 Å². The van der Waals surface area contributed by atoms with Gasteiger partial charge in [0.15, 0.2) is 11.6 Å². The van der Waals surface area contributed by atoms with Crippen molar-refractivity contribution < 1.29 is 47.3 Å². The maximum absolute atomic E-state index is 14.7. The molecule has 4 N–H and O–H groups in total. The standard InChI is InChI=1S/C27H31F2N5O8/c1-15(35)30-10-20-12-33(26(38)41-20)17-3-5-24(22(28)7-17)32-9-19(37)14-40-25-6-4-18(8-23(25)29)34-13-21(42-27(34)39)11-31-16(2)36/h3-8,19-21,32,37H,9-14H2,1-2H3,(H,30,35)(H,31,36)/t19-,20-,21-/m0/s1. The second kappa shape index (κ2) is 13.3. The van der Waals surface area contributed by atoms with Crippen LogP contribution in [0.25, 0.3) is 0 Å². The Morgan fingerprint density at radius 3 is 1.95 bits per heavy atom. The first-order valence-corrected chi connectivity index (χ1v) is 13.1. The van der Waals surface area contributed by atoms with E-state index in [0.717, 1.165) is 12.1 Å². The number of cyclic esters (lactones) is 2. The first-order valence-electron chi connectivity index (χ1n) is 13.1. The largest absolute Gasteiger partial charge is 0.488 e. The number of carbonyl (C=O) groups excluding carboxylic acids is 4. The zero-order chi connectivity index (χ0) is 30.4. The summed E-state index contributed by atoms with van der Waals surface area (Å²) in [5.41, 5.74) is 0.563. The van der Waals surface area contributed by atoms with Gasteiger partial charge in [-0.2, -0.15) is 0 Å². The monoisotopic (exact) mass is 591 g/mol. The van der Waals surface area contributed by atoms with Crippen molar-refractivity contribution in [3.8, 4) is 5.75 Å². The van der Waals surface area contributed by atoms with E-state index in [2.05, 4.69) is 16.0 Å². The van der Waals surface area contributed by atoms with Crippen molar-refractivity contribution in [3.05, 3.63) is 48.0 Å². The molecule has 2 aliphatic heterocycles. The van der Waals surface area contributed by atoms with Gasteiger partial charge in [-0.1, -0.05) is 0 Å². The fourth-order valence-corrected chi connectivity index (χ4v) is 4.26. The van der Waals surface area contributed by atoms with Crippen LogP contribution in [0, 0.1) is 11.6 Å². The predicted molar refractivity (Wildman–Crippen MR) is 145 cm³/mol. The lowest BCUT2D eigenvalue weighted by molar-refractivity contribution is -0.120. The number of amides is 4. The molecule has 0 bridgehead atoms. The minimum absolute atomic E-state index is 0.0602. The molecule has 0 aromatic heterocycles. The molecular formula is C27H31F2N5O8. The molecule has 4 amide bonds. The Morgan fingerprint density at radius 2 is 1.45 bits per heavy atom. The van der Waals surface area contributed by atoms with Gasteiger partial charge in [-0.15, -0.1) is 0 Å². The van der Waals surface area contributed by atoms with Crippen LogP contribution in [-0.2, 0) is 19.1 Å². The molecule has 0 spiro atoms. The van der Waals surface area contributed by atoms with Crippen molar-refractivity contribution in [1.82, 2.24) is 10.6 Å². The normalized spacial score (nSPS) is 18.8. The highest BCUT2D eigenvalue weighted by atomic mass is 19.1. The number of carbonyl (C=O) groups is 4. The molecule has 2 saturated heterocycles. The van der Waals surface area contributed by atoms with Gasteiger partial charge in [0.25, 0.3) is 0 Å². The van der Waals surface area contributed by atoms with Gasteiger partial charge in [0.1, 0.15) is 30.7 Å². The van der Waals surface area contributed by atoms with Crippen LogP contribution in [0.1, 0.15) is 13.8 Å². The van der Waals surface area contributed by atoms with Gasteiger partial charge in [0.05, 0.1) is 43.2 Å². The highest BCUT2D eigenvalue weighted by Crippen LogP contribution is 2.28. The van der Waals surface area contributed by atoms with E-state index in [1.54, 1.807) is 0 Å². The number of ether oxygens (including phenoxy) is 3.